The van der Waals surface area contributed by atoms with Crippen molar-refractivity contribution in [3.8, 4) is 0 Å². The summed E-state index contributed by atoms with van der Waals surface area (Å²) in [5.41, 5.74) is 2.43. The Morgan fingerprint density at radius 1 is 1.47 bits per heavy atom. The van der Waals surface area contributed by atoms with Gasteiger partial charge in [0.05, 0.1) is 6.61 Å². The zero-order chi connectivity index (χ0) is 12.7. The van der Waals surface area contributed by atoms with Gasteiger partial charge >= 0.3 is 0 Å². The smallest absolute Gasteiger partial charge is 0.220 e. The Hall–Kier alpha value is -0.870. The zero-order valence-corrected chi connectivity index (χ0v) is 11.8. The lowest BCUT2D eigenvalue weighted by Gasteiger charge is -2.07. The highest BCUT2D eigenvalue weighted by Gasteiger charge is 2.04. The van der Waals surface area contributed by atoms with E-state index >= 15 is 0 Å². The van der Waals surface area contributed by atoms with Crippen LogP contribution in [0.15, 0.2) is 22.7 Å². The summed E-state index contributed by atoms with van der Waals surface area (Å²) in [7, 11) is 1.62. The van der Waals surface area contributed by atoms with Gasteiger partial charge in [-0.3, -0.25) is 4.79 Å². The van der Waals surface area contributed by atoms with Crippen molar-refractivity contribution in [1.29, 1.82) is 0 Å². The Kier molecular flexibility index (Phi) is 6.22. The van der Waals surface area contributed by atoms with E-state index in [0.717, 1.165) is 10.9 Å². The monoisotopic (exact) mass is 299 g/mol. The second-order valence-electron chi connectivity index (χ2n) is 3.91. The van der Waals surface area contributed by atoms with Gasteiger partial charge in [-0.15, -0.1) is 0 Å². The molecule has 0 heterocycles. The topological polar surface area (TPSA) is 38.3 Å². The van der Waals surface area contributed by atoms with Crippen molar-refractivity contribution in [3.63, 3.8) is 0 Å². The summed E-state index contributed by atoms with van der Waals surface area (Å²) in [6.07, 6.45) is 1.28. The van der Waals surface area contributed by atoms with Crippen LogP contribution in [0, 0.1) is 6.92 Å². The molecule has 0 saturated heterocycles. The number of aryl methyl sites for hydroxylation is 2. The SMILES string of the molecule is COCCNC(=O)CCc1cc(Br)ccc1C. The second kappa shape index (κ2) is 7.45. The highest BCUT2D eigenvalue weighted by atomic mass is 79.9. The number of methoxy groups -OCH3 is 1. The molecule has 0 unspecified atom stereocenters. The molecule has 0 bridgehead atoms. The van der Waals surface area contributed by atoms with E-state index in [0.29, 0.717) is 19.6 Å². The summed E-state index contributed by atoms with van der Waals surface area (Å²) < 4.78 is 5.92. The van der Waals surface area contributed by atoms with Crippen molar-refractivity contribution in [2.24, 2.45) is 0 Å². The minimum absolute atomic E-state index is 0.0708. The average Bonchev–Trinajstić information content (AvgIpc) is 2.31. The molecule has 0 saturated carbocycles. The van der Waals surface area contributed by atoms with Crippen LogP contribution in [0.5, 0.6) is 0 Å². The molecule has 1 amide bonds. The number of ether oxygens (including phenoxy) is 1. The number of hydrogen-bond acceptors (Lipinski definition) is 2. The van der Waals surface area contributed by atoms with E-state index in [4.69, 9.17) is 4.74 Å². The van der Waals surface area contributed by atoms with Crippen LogP contribution in [0.2, 0.25) is 0 Å². The van der Waals surface area contributed by atoms with Crippen molar-refractivity contribution in [2.75, 3.05) is 20.3 Å². The Labute approximate surface area is 111 Å². The number of nitrogens with one attached hydrogen (secondary N) is 1. The Morgan fingerprint density at radius 2 is 2.24 bits per heavy atom. The van der Waals surface area contributed by atoms with Crippen molar-refractivity contribution in [2.45, 2.75) is 19.8 Å². The van der Waals surface area contributed by atoms with Gasteiger partial charge < -0.3 is 10.1 Å². The van der Waals surface area contributed by atoms with Crippen molar-refractivity contribution < 1.29 is 9.53 Å². The van der Waals surface area contributed by atoms with Gasteiger partial charge in [0.25, 0.3) is 0 Å². The fourth-order valence-corrected chi connectivity index (χ4v) is 1.95. The van der Waals surface area contributed by atoms with Crippen LogP contribution >= 0.6 is 15.9 Å². The molecule has 0 aliphatic carbocycles. The standard InChI is InChI=1S/C13H18BrNO2/c1-10-3-5-12(14)9-11(10)4-6-13(16)15-7-8-17-2/h3,5,9H,4,6-8H2,1-2H3,(H,15,16). The van der Waals surface area contributed by atoms with Gasteiger partial charge in [-0.25, -0.2) is 0 Å². The number of halogens is 1. The molecule has 0 fully saturated rings. The third-order valence-electron chi connectivity index (χ3n) is 2.56. The molecule has 0 atom stereocenters. The maximum absolute atomic E-state index is 11.5. The predicted molar refractivity (Wildman–Crippen MR) is 72.1 cm³/mol. The van der Waals surface area contributed by atoms with Crippen molar-refractivity contribution in [1.82, 2.24) is 5.32 Å². The van der Waals surface area contributed by atoms with E-state index in [9.17, 15) is 4.79 Å². The van der Waals surface area contributed by atoms with Gasteiger partial charge in [-0.1, -0.05) is 22.0 Å². The molecule has 0 aliphatic rings. The molecule has 1 rings (SSSR count). The molecule has 0 radical (unpaired) electrons. The van der Waals surface area contributed by atoms with Gasteiger partial charge in [0.2, 0.25) is 5.91 Å². The third-order valence-corrected chi connectivity index (χ3v) is 3.05. The summed E-state index contributed by atoms with van der Waals surface area (Å²) in [6, 6.07) is 6.14. The Bertz CT molecular complexity index is 380. The minimum atomic E-state index is 0.0708. The minimum Gasteiger partial charge on any atom is -0.383 e. The van der Waals surface area contributed by atoms with Crippen LogP contribution < -0.4 is 5.32 Å². The molecule has 1 N–H and O–H groups in total. The first kappa shape index (κ1) is 14.2. The first-order chi connectivity index (χ1) is 8.13. The molecule has 4 heteroatoms. The van der Waals surface area contributed by atoms with E-state index in [2.05, 4.69) is 40.3 Å². The van der Waals surface area contributed by atoms with Crippen LogP contribution in [-0.2, 0) is 16.0 Å². The number of carbonyl (C=O) groups excluding carboxylic acids is 1. The molecule has 17 heavy (non-hydrogen) atoms. The van der Waals surface area contributed by atoms with E-state index in [1.165, 1.54) is 11.1 Å². The molecule has 1 aromatic carbocycles. The lowest BCUT2D eigenvalue weighted by Crippen LogP contribution is -2.27. The van der Waals surface area contributed by atoms with E-state index < -0.39 is 0 Å². The fourth-order valence-electron chi connectivity index (χ4n) is 1.54. The van der Waals surface area contributed by atoms with E-state index in [-0.39, 0.29) is 5.91 Å². The van der Waals surface area contributed by atoms with Crippen molar-refractivity contribution >= 4 is 21.8 Å². The molecule has 0 spiro atoms. The number of rotatable bonds is 6. The summed E-state index contributed by atoms with van der Waals surface area (Å²) >= 11 is 3.44. The first-order valence-corrected chi connectivity index (χ1v) is 6.43. The highest BCUT2D eigenvalue weighted by molar-refractivity contribution is 9.10. The van der Waals surface area contributed by atoms with Crippen LogP contribution in [0.3, 0.4) is 0 Å². The van der Waals surface area contributed by atoms with Crippen molar-refractivity contribution in [3.05, 3.63) is 33.8 Å². The lowest BCUT2D eigenvalue weighted by atomic mass is 10.0. The van der Waals surface area contributed by atoms with E-state index in [1.807, 2.05) is 6.07 Å². The van der Waals surface area contributed by atoms with Crippen LogP contribution in [0.4, 0.5) is 0 Å². The molecule has 0 aliphatic heterocycles. The molecule has 1 aromatic rings. The number of carbonyl (C=O) groups is 1. The number of amides is 1. The summed E-state index contributed by atoms with van der Waals surface area (Å²) in [6.45, 7) is 3.19. The van der Waals surface area contributed by atoms with Gasteiger partial charge in [-0.05, 0) is 36.6 Å². The summed E-state index contributed by atoms with van der Waals surface area (Å²) in [5, 5.41) is 2.81. The second-order valence-corrected chi connectivity index (χ2v) is 4.83. The summed E-state index contributed by atoms with van der Waals surface area (Å²) in [5.74, 6) is 0.0708. The maximum Gasteiger partial charge on any atom is 0.220 e. The highest BCUT2D eigenvalue weighted by Crippen LogP contribution is 2.17. The molecule has 94 valence electrons. The normalized spacial score (nSPS) is 10.3. The summed E-state index contributed by atoms with van der Waals surface area (Å²) in [4.78, 5) is 11.5. The Morgan fingerprint density at radius 3 is 2.94 bits per heavy atom. The Balaban J connectivity index is 2.39. The third kappa shape index (κ3) is 5.33. The van der Waals surface area contributed by atoms with Gasteiger partial charge in [0.1, 0.15) is 0 Å². The molecular weight excluding hydrogens is 282 g/mol. The maximum atomic E-state index is 11.5. The fraction of sp³-hybridized carbons (Fsp3) is 0.462. The van der Waals surface area contributed by atoms with Gasteiger partial charge in [0.15, 0.2) is 0 Å². The predicted octanol–water partition coefficient (Wildman–Crippen LogP) is 2.45. The first-order valence-electron chi connectivity index (χ1n) is 5.64. The number of benzene rings is 1. The van der Waals surface area contributed by atoms with E-state index in [1.54, 1.807) is 7.11 Å². The van der Waals surface area contributed by atoms with Crippen LogP contribution in [0.1, 0.15) is 17.5 Å². The zero-order valence-electron chi connectivity index (χ0n) is 10.3. The molecular formula is C13H18BrNO2. The van der Waals surface area contributed by atoms with Gasteiger partial charge in [-0.2, -0.15) is 0 Å². The molecule has 0 aromatic heterocycles. The van der Waals surface area contributed by atoms with Crippen LogP contribution in [-0.4, -0.2) is 26.2 Å². The average molecular weight is 300 g/mol. The quantitative estimate of drug-likeness (QED) is 0.820. The van der Waals surface area contributed by atoms with Crippen LogP contribution in [0.25, 0.3) is 0 Å². The number of hydrogen-bond donors (Lipinski definition) is 1. The lowest BCUT2D eigenvalue weighted by molar-refractivity contribution is -0.121. The largest absolute Gasteiger partial charge is 0.383 e. The van der Waals surface area contributed by atoms with Gasteiger partial charge in [0, 0.05) is 24.5 Å². The molecule has 3 nitrogen and oxygen atoms in total.